The summed E-state index contributed by atoms with van der Waals surface area (Å²) in [5, 5.41) is 7.65. The van der Waals surface area contributed by atoms with Gasteiger partial charge >= 0.3 is 0 Å². The molecule has 0 bridgehead atoms. The topological polar surface area (TPSA) is 3.24 Å². The van der Waals surface area contributed by atoms with E-state index in [0.717, 1.165) is 11.4 Å². The lowest BCUT2D eigenvalue weighted by Gasteiger charge is -2.29. The first-order chi connectivity index (χ1) is 23.0. The van der Waals surface area contributed by atoms with Crippen LogP contribution in [0.15, 0.2) is 170 Å². The van der Waals surface area contributed by atoms with Crippen molar-refractivity contribution in [1.82, 2.24) is 0 Å². The number of anilines is 3. The molecule has 0 heterocycles. The summed E-state index contributed by atoms with van der Waals surface area (Å²) in [5.41, 5.74) is 9.71. The van der Waals surface area contributed by atoms with Crippen molar-refractivity contribution in [2.75, 3.05) is 4.90 Å². The van der Waals surface area contributed by atoms with Crippen LogP contribution in [-0.4, -0.2) is 0 Å². The maximum Gasteiger partial charge on any atom is 0.0540 e. The summed E-state index contributed by atoms with van der Waals surface area (Å²) in [5.74, 6) is 0. The van der Waals surface area contributed by atoms with Gasteiger partial charge < -0.3 is 4.90 Å². The minimum absolute atomic E-state index is 0.0323. The lowest BCUT2D eigenvalue weighted by atomic mass is 9.83. The normalized spacial score (nSPS) is 11.7. The zero-order valence-corrected chi connectivity index (χ0v) is 27.1. The third kappa shape index (κ3) is 5.24. The van der Waals surface area contributed by atoms with Crippen LogP contribution >= 0.6 is 0 Å². The molecule has 0 saturated carbocycles. The molecular formula is C46H37N. The van der Waals surface area contributed by atoms with E-state index in [1.807, 2.05) is 0 Å². The lowest BCUT2D eigenvalue weighted by molar-refractivity contribution is 0.596. The van der Waals surface area contributed by atoms with Crippen molar-refractivity contribution < 1.29 is 0 Å². The molecule has 0 aliphatic rings. The van der Waals surface area contributed by atoms with Crippen molar-refractivity contribution in [2.24, 2.45) is 0 Å². The number of rotatable bonds is 5. The molecular weight excluding hydrogens is 567 g/mol. The SMILES string of the molecule is CC(C)(C)c1ccc(N(c2ccc(-c3ccccc3)cc2)c2ccc(-c3cc4ccccc4c4ccccc34)cc2)c2ccccc12. The van der Waals surface area contributed by atoms with E-state index in [9.17, 15) is 0 Å². The summed E-state index contributed by atoms with van der Waals surface area (Å²) in [7, 11) is 0. The summed E-state index contributed by atoms with van der Waals surface area (Å²) in [6.07, 6.45) is 0. The highest BCUT2D eigenvalue weighted by Crippen LogP contribution is 2.43. The van der Waals surface area contributed by atoms with E-state index in [4.69, 9.17) is 0 Å². The van der Waals surface area contributed by atoms with Gasteiger partial charge in [-0.2, -0.15) is 0 Å². The Labute approximate surface area is 277 Å². The Morgan fingerprint density at radius 3 is 1.55 bits per heavy atom. The van der Waals surface area contributed by atoms with Gasteiger partial charge in [0.25, 0.3) is 0 Å². The molecule has 0 aliphatic heterocycles. The first-order valence-corrected chi connectivity index (χ1v) is 16.4. The highest BCUT2D eigenvalue weighted by molar-refractivity contribution is 6.13. The molecule has 8 aromatic rings. The molecule has 226 valence electrons. The van der Waals surface area contributed by atoms with Crippen LogP contribution in [0.1, 0.15) is 26.3 Å². The van der Waals surface area contributed by atoms with Gasteiger partial charge in [-0.25, -0.2) is 0 Å². The van der Waals surface area contributed by atoms with E-state index in [1.165, 1.54) is 65.8 Å². The zero-order valence-electron chi connectivity index (χ0n) is 27.1. The van der Waals surface area contributed by atoms with Crippen molar-refractivity contribution >= 4 is 49.4 Å². The highest BCUT2D eigenvalue weighted by atomic mass is 15.1. The maximum absolute atomic E-state index is 2.41. The van der Waals surface area contributed by atoms with Crippen LogP contribution in [0.4, 0.5) is 17.1 Å². The molecule has 8 rings (SSSR count). The molecule has 47 heavy (non-hydrogen) atoms. The molecule has 1 heteroatoms. The smallest absolute Gasteiger partial charge is 0.0540 e. The zero-order chi connectivity index (χ0) is 32.0. The minimum atomic E-state index is 0.0323. The monoisotopic (exact) mass is 603 g/mol. The van der Waals surface area contributed by atoms with Gasteiger partial charge in [0.15, 0.2) is 0 Å². The Kier molecular flexibility index (Phi) is 7.11. The van der Waals surface area contributed by atoms with Gasteiger partial charge in [-0.05, 0) is 96.6 Å². The fourth-order valence-electron chi connectivity index (χ4n) is 7.08. The lowest BCUT2D eigenvalue weighted by Crippen LogP contribution is -2.14. The van der Waals surface area contributed by atoms with Crippen molar-refractivity contribution in [1.29, 1.82) is 0 Å². The predicted molar refractivity (Wildman–Crippen MR) is 203 cm³/mol. The van der Waals surface area contributed by atoms with Gasteiger partial charge in [-0.15, -0.1) is 0 Å². The number of hydrogen-bond donors (Lipinski definition) is 0. The molecule has 0 unspecified atom stereocenters. The first kappa shape index (κ1) is 28.8. The average molecular weight is 604 g/mol. The van der Waals surface area contributed by atoms with Crippen LogP contribution < -0.4 is 4.90 Å². The Morgan fingerprint density at radius 1 is 0.383 bits per heavy atom. The van der Waals surface area contributed by atoms with Gasteiger partial charge in [0, 0.05) is 16.8 Å². The van der Waals surface area contributed by atoms with Gasteiger partial charge in [-0.1, -0.05) is 154 Å². The fourth-order valence-corrected chi connectivity index (χ4v) is 7.08. The average Bonchev–Trinajstić information content (AvgIpc) is 3.12. The van der Waals surface area contributed by atoms with E-state index in [0.29, 0.717) is 0 Å². The van der Waals surface area contributed by atoms with Crippen LogP contribution in [-0.2, 0) is 5.41 Å². The molecule has 0 aliphatic carbocycles. The number of hydrogen-bond acceptors (Lipinski definition) is 1. The van der Waals surface area contributed by atoms with Crippen molar-refractivity contribution in [3.63, 3.8) is 0 Å². The standard InChI is InChI=1S/C46H37N/c1-46(2,3)44-29-30-45(42-20-12-11-19-41(42)44)47(36-25-21-33(22-26-36)32-13-5-4-6-14-32)37-27-23-34(24-28-37)43-31-35-15-7-8-16-38(35)39-17-9-10-18-40(39)43/h4-31H,1-3H3. The maximum atomic E-state index is 2.41. The van der Waals surface area contributed by atoms with Crippen LogP contribution in [0.3, 0.4) is 0 Å². The Hall–Kier alpha value is -5.66. The minimum Gasteiger partial charge on any atom is -0.310 e. The number of benzene rings is 8. The van der Waals surface area contributed by atoms with Gasteiger partial charge in [0.2, 0.25) is 0 Å². The van der Waals surface area contributed by atoms with Gasteiger partial charge in [-0.3, -0.25) is 0 Å². The third-order valence-corrected chi connectivity index (χ3v) is 9.39. The van der Waals surface area contributed by atoms with Gasteiger partial charge in [0.05, 0.1) is 5.69 Å². The van der Waals surface area contributed by atoms with E-state index >= 15 is 0 Å². The van der Waals surface area contributed by atoms with Crippen molar-refractivity contribution in [3.8, 4) is 22.3 Å². The molecule has 0 saturated heterocycles. The largest absolute Gasteiger partial charge is 0.310 e. The van der Waals surface area contributed by atoms with E-state index in [-0.39, 0.29) is 5.41 Å². The Bertz CT molecular complexity index is 2360. The molecule has 0 fully saturated rings. The van der Waals surface area contributed by atoms with Crippen molar-refractivity contribution in [3.05, 3.63) is 175 Å². The molecule has 0 N–H and O–H groups in total. The number of nitrogens with zero attached hydrogens (tertiary/aromatic N) is 1. The van der Waals surface area contributed by atoms with Gasteiger partial charge in [0.1, 0.15) is 0 Å². The van der Waals surface area contributed by atoms with Crippen molar-refractivity contribution in [2.45, 2.75) is 26.2 Å². The number of fused-ring (bicyclic) bond motifs is 4. The Balaban J connectivity index is 1.29. The molecule has 0 aromatic heterocycles. The quantitative estimate of drug-likeness (QED) is 0.177. The summed E-state index contributed by atoms with van der Waals surface area (Å²) >= 11 is 0. The van der Waals surface area contributed by atoms with Crippen LogP contribution in [0.2, 0.25) is 0 Å². The fraction of sp³-hybridized carbons (Fsp3) is 0.0870. The molecule has 0 amide bonds. The second kappa shape index (κ2) is 11.6. The van der Waals surface area contributed by atoms with Crippen LogP contribution in [0, 0.1) is 0 Å². The Morgan fingerprint density at radius 2 is 0.894 bits per heavy atom. The van der Waals surface area contributed by atoms with Crippen LogP contribution in [0.25, 0.3) is 54.6 Å². The summed E-state index contributed by atoms with van der Waals surface area (Å²) in [4.78, 5) is 2.41. The first-order valence-electron chi connectivity index (χ1n) is 16.4. The third-order valence-electron chi connectivity index (χ3n) is 9.39. The molecule has 0 radical (unpaired) electrons. The van der Waals surface area contributed by atoms with E-state index in [2.05, 4.69) is 196 Å². The molecule has 8 aromatic carbocycles. The highest BCUT2D eigenvalue weighted by Gasteiger charge is 2.22. The van der Waals surface area contributed by atoms with Crippen LogP contribution in [0.5, 0.6) is 0 Å². The second-order valence-electron chi connectivity index (χ2n) is 13.4. The molecule has 0 atom stereocenters. The predicted octanol–water partition coefficient (Wildman–Crippen LogP) is 13.2. The molecule has 0 spiro atoms. The molecule has 1 nitrogen and oxygen atoms in total. The van der Waals surface area contributed by atoms with E-state index in [1.54, 1.807) is 0 Å². The summed E-state index contributed by atoms with van der Waals surface area (Å²) in [6.45, 7) is 6.89. The van der Waals surface area contributed by atoms with E-state index < -0.39 is 0 Å². The summed E-state index contributed by atoms with van der Waals surface area (Å²) < 4.78 is 0. The second-order valence-corrected chi connectivity index (χ2v) is 13.4. The summed E-state index contributed by atoms with van der Waals surface area (Å²) in [6, 6.07) is 61.9.